The molecule has 0 bridgehead atoms. The van der Waals surface area contributed by atoms with Crippen LogP contribution in [0, 0.1) is 6.92 Å². The lowest BCUT2D eigenvalue weighted by atomic mass is 10.0. The van der Waals surface area contributed by atoms with E-state index >= 15 is 0 Å². The number of nitrogens with zero attached hydrogens (tertiary/aromatic N) is 3. The minimum atomic E-state index is -0.855. The number of carboxylic acids is 1. The summed E-state index contributed by atoms with van der Waals surface area (Å²) in [5.74, 6) is -0.272. The summed E-state index contributed by atoms with van der Waals surface area (Å²) in [6.45, 7) is 6.03. The van der Waals surface area contributed by atoms with E-state index in [0.29, 0.717) is 12.2 Å². The molecule has 0 aliphatic rings. The molecule has 7 heteroatoms. The largest absolute Gasteiger partial charge is 0.481 e. The number of carboxylic acid groups (broad SMARTS) is 1. The predicted octanol–water partition coefficient (Wildman–Crippen LogP) is 3.75. The number of nitrogen functional groups attached to an aromatic ring is 1. The van der Waals surface area contributed by atoms with Gasteiger partial charge in [-0.05, 0) is 30.9 Å². The maximum Gasteiger partial charge on any atom is 0.307 e. The van der Waals surface area contributed by atoms with Gasteiger partial charge in [-0.1, -0.05) is 51.0 Å². The number of aliphatic carboxylic acids is 1. The first-order valence-corrected chi connectivity index (χ1v) is 9.76. The molecule has 7 nitrogen and oxygen atoms in total. The van der Waals surface area contributed by atoms with Gasteiger partial charge in [0.25, 0.3) is 0 Å². The molecule has 1 atom stereocenters. The van der Waals surface area contributed by atoms with E-state index in [4.69, 9.17) is 10.8 Å². The van der Waals surface area contributed by atoms with Crippen molar-refractivity contribution in [3.8, 4) is 0 Å². The number of unbranched alkanes of at least 4 members (excludes halogenated alkanes) is 1. The molecule has 0 saturated carbocycles. The van der Waals surface area contributed by atoms with Gasteiger partial charge in [0.2, 0.25) is 5.95 Å². The number of benzene rings is 1. The monoisotopic (exact) mass is 386 g/mol. The van der Waals surface area contributed by atoms with Gasteiger partial charge in [0.15, 0.2) is 5.82 Å². The normalized spacial score (nSPS) is 12.0. The van der Waals surface area contributed by atoms with Crippen molar-refractivity contribution in [2.45, 2.75) is 65.3 Å². The van der Waals surface area contributed by atoms with Crippen molar-refractivity contribution in [2.75, 3.05) is 10.8 Å². The number of nitrogens with two attached hydrogens (primary N) is 1. The van der Waals surface area contributed by atoms with Crippen LogP contribution in [-0.2, 0) is 17.6 Å². The molecule has 1 heterocycles. The highest BCUT2D eigenvalue weighted by Crippen LogP contribution is 2.27. The standard InChI is InChI=1S/C21H30N4O3/c1-4-6-7-17(5-2)25(28)20-18(14(3)23-21(22)24-20)12-15-8-10-16(11-9-15)13-19(26)27/h8-11,17,28H,4-7,12-13H2,1-3H3,(H,26,27)(H2,22,23,24). The van der Waals surface area contributed by atoms with Crippen LogP contribution in [0.2, 0.25) is 0 Å². The Morgan fingerprint density at radius 1 is 1.18 bits per heavy atom. The van der Waals surface area contributed by atoms with Crippen molar-refractivity contribution in [3.05, 3.63) is 46.6 Å². The van der Waals surface area contributed by atoms with Crippen LogP contribution in [0.3, 0.4) is 0 Å². The number of aromatic nitrogens is 2. The van der Waals surface area contributed by atoms with Crippen LogP contribution in [0.25, 0.3) is 0 Å². The first kappa shape index (κ1) is 21.6. The molecule has 28 heavy (non-hydrogen) atoms. The Kier molecular flexibility index (Phi) is 7.75. The van der Waals surface area contributed by atoms with Crippen molar-refractivity contribution >= 4 is 17.7 Å². The zero-order valence-electron chi connectivity index (χ0n) is 16.9. The Balaban J connectivity index is 2.32. The van der Waals surface area contributed by atoms with Gasteiger partial charge in [-0.15, -0.1) is 0 Å². The van der Waals surface area contributed by atoms with Gasteiger partial charge in [0.1, 0.15) is 0 Å². The summed E-state index contributed by atoms with van der Waals surface area (Å²) < 4.78 is 0. The molecule has 1 unspecified atom stereocenters. The fourth-order valence-corrected chi connectivity index (χ4v) is 3.26. The van der Waals surface area contributed by atoms with Gasteiger partial charge >= 0.3 is 5.97 Å². The fourth-order valence-electron chi connectivity index (χ4n) is 3.26. The Labute approximate surface area is 166 Å². The average Bonchev–Trinajstić information content (AvgIpc) is 2.65. The second kappa shape index (κ2) is 10.0. The summed E-state index contributed by atoms with van der Waals surface area (Å²) in [7, 11) is 0. The van der Waals surface area contributed by atoms with Crippen molar-refractivity contribution in [1.29, 1.82) is 0 Å². The van der Waals surface area contributed by atoms with Crippen LogP contribution < -0.4 is 10.8 Å². The molecule has 152 valence electrons. The second-order valence-corrected chi connectivity index (χ2v) is 7.08. The highest BCUT2D eigenvalue weighted by molar-refractivity contribution is 5.70. The van der Waals surface area contributed by atoms with E-state index in [2.05, 4.69) is 16.9 Å². The Morgan fingerprint density at radius 2 is 1.82 bits per heavy atom. The molecular weight excluding hydrogens is 356 g/mol. The molecule has 0 fully saturated rings. The fraction of sp³-hybridized carbons (Fsp3) is 0.476. The molecule has 0 spiro atoms. The van der Waals surface area contributed by atoms with Crippen LogP contribution in [0.5, 0.6) is 0 Å². The number of aryl methyl sites for hydroxylation is 1. The van der Waals surface area contributed by atoms with Gasteiger partial charge in [-0.2, -0.15) is 4.98 Å². The van der Waals surface area contributed by atoms with Gasteiger partial charge < -0.3 is 10.8 Å². The molecule has 0 aliphatic carbocycles. The topological polar surface area (TPSA) is 113 Å². The summed E-state index contributed by atoms with van der Waals surface area (Å²) in [5.41, 5.74) is 9.13. The molecule has 1 aromatic carbocycles. The minimum absolute atomic E-state index is 0.00440. The quantitative estimate of drug-likeness (QED) is 0.533. The highest BCUT2D eigenvalue weighted by atomic mass is 16.5. The minimum Gasteiger partial charge on any atom is -0.481 e. The molecule has 0 aliphatic heterocycles. The van der Waals surface area contributed by atoms with E-state index in [1.807, 2.05) is 38.1 Å². The number of hydrogen-bond acceptors (Lipinski definition) is 6. The summed E-state index contributed by atoms with van der Waals surface area (Å²) in [4.78, 5) is 19.4. The van der Waals surface area contributed by atoms with Crippen molar-refractivity contribution in [2.24, 2.45) is 0 Å². The van der Waals surface area contributed by atoms with Gasteiger partial charge in [0, 0.05) is 17.7 Å². The summed E-state index contributed by atoms with van der Waals surface area (Å²) in [6.07, 6.45) is 4.27. The van der Waals surface area contributed by atoms with Crippen LogP contribution in [0.15, 0.2) is 24.3 Å². The van der Waals surface area contributed by atoms with E-state index in [0.717, 1.165) is 48.1 Å². The summed E-state index contributed by atoms with van der Waals surface area (Å²) >= 11 is 0. The van der Waals surface area contributed by atoms with Gasteiger partial charge in [0.05, 0.1) is 12.5 Å². The number of anilines is 2. The zero-order valence-corrected chi connectivity index (χ0v) is 16.9. The third-order valence-corrected chi connectivity index (χ3v) is 4.89. The molecule has 4 N–H and O–H groups in total. The Morgan fingerprint density at radius 3 is 2.39 bits per heavy atom. The van der Waals surface area contributed by atoms with Crippen molar-refractivity contribution in [3.63, 3.8) is 0 Å². The lowest BCUT2D eigenvalue weighted by Gasteiger charge is -2.28. The first-order valence-electron chi connectivity index (χ1n) is 9.76. The molecule has 2 aromatic rings. The van der Waals surface area contributed by atoms with Gasteiger partial charge in [-0.3, -0.25) is 10.0 Å². The Bertz CT molecular complexity index is 793. The molecule has 1 aromatic heterocycles. The number of carbonyl (C=O) groups is 1. The van der Waals surface area contributed by atoms with E-state index in [-0.39, 0.29) is 18.4 Å². The third kappa shape index (κ3) is 5.66. The maximum absolute atomic E-state index is 10.9. The molecule has 0 amide bonds. The molecule has 0 saturated heterocycles. The maximum atomic E-state index is 10.9. The summed E-state index contributed by atoms with van der Waals surface area (Å²) in [5, 5.41) is 21.0. The van der Waals surface area contributed by atoms with Crippen LogP contribution in [0.4, 0.5) is 11.8 Å². The Hall–Kier alpha value is -2.67. The van der Waals surface area contributed by atoms with E-state index in [1.54, 1.807) is 0 Å². The molecule has 2 rings (SSSR count). The smallest absolute Gasteiger partial charge is 0.307 e. The second-order valence-electron chi connectivity index (χ2n) is 7.08. The highest BCUT2D eigenvalue weighted by Gasteiger charge is 2.22. The average molecular weight is 386 g/mol. The van der Waals surface area contributed by atoms with E-state index in [1.165, 1.54) is 5.06 Å². The van der Waals surface area contributed by atoms with E-state index in [9.17, 15) is 10.0 Å². The SMILES string of the molecule is CCCCC(CC)N(O)c1nc(N)nc(C)c1Cc1ccc(CC(=O)O)cc1. The number of rotatable bonds is 10. The third-order valence-electron chi connectivity index (χ3n) is 4.89. The molecule has 0 radical (unpaired) electrons. The summed E-state index contributed by atoms with van der Waals surface area (Å²) in [6, 6.07) is 7.37. The van der Waals surface area contributed by atoms with Crippen molar-refractivity contribution < 1.29 is 15.1 Å². The lowest BCUT2D eigenvalue weighted by Crippen LogP contribution is -2.34. The van der Waals surface area contributed by atoms with E-state index < -0.39 is 5.97 Å². The first-order chi connectivity index (χ1) is 13.3. The van der Waals surface area contributed by atoms with Crippen LogP contribution in [-0.4, -0.2) is 32.3 Å². The number of hydrogen-bond donors (Lipinski definition) is 3. The van der Waals surface area contributed by atoms with Gasteiger partial charge in [-0.25, -0.2) is 10.0 Å². The van der Waals surface area contributed by atoms with Crippen LogP contribution in [0.1, 0.15) is 61.9 Å². The predicted molar refractivity (Wildman–Crippen MR) is 110 cm³/mol. The number of hydroxylamine groups is 1. The molecular formula is C21H30N4O3. The zero-order chi connectivity index (χ0) is 20.7. The van der Waals surface area contributed by atoms with Crippen LogP contribution >= 0.6 is 0 Å². The van der Waals surface area contributed by atoms with Crippen molar-refractivity contribution in [1.82, 2.24) is 9.97 Å². The lowest BCUT2D eigenvalue weighted by molar-refractivity contribution is -0.136.